The normalized spacial score (nSPS) is 28.9. The molecule has 1 aromatic carbocycles. The Morgan fingerprint density at radius 1 is 1.11 bits per heavy atom. The van der Waals surface area contributed by atoms with E-state index in [1.54, 1.807) is 0 Å². The Hall–Kier alpha value is -1.30. The summed E-state index contributed by atoms with van der Waals surface area (Å²) in [4.78, 5) is 0. The van der Waals surface area contributed by atoms with Crippen molar-refractivity contribution in [2.75, 3.05) is 20.3 Å². The standard InChI is InChI=1S/C22H30F2O3/c1-3-4-5-15-12-26-22(27-13-15)17-8-6-16(7-9-17)18-10-20(23)19(14-25-2)21(24)11-18/h3,10-11,15-17,22H,1,4-9,12-14H2,2H3/t15-,16?,17?,22-. The predicted octanol–water partition coefficient (Wildman–Crippen LogP) is 5.34. The van der Waals surface area contributed by atoms with Crippen molar-refractivity contribution in [2.24, 2.45) is 11.8 Å². The van der Waals surface area contributed by atoms with E-state index in [0.29, 0.717) is 11.8 Å². The molecule has 2 fully saturated rings. The highest BCUT2D eigenvalue weighted by Crippen LogP contribution is 2.39. The molecule has 0 unspecified atom stereocenters. The van der Waals surface area contributed by atoms with Crippen LogP contribution in [0.2, 0.25) is 0 Å². The lowest BCUT2D eigenvalue weighted by molar-refractivity contribution is -0.229. The fraction of sp³-hybridized carbons (Fsp3) is 0.636. The second-order valence-electron chi connectivity index (χ2n) is 7.77. The van der Waals surface area contributed by atoms with Gasteiger partial charge in [0.05, 0.1) is 19.8 Å². The minimum atomic E-state index is -0.515. The van der Waals surface area contributed by atoms with Crippen LogP contribution in [0.1, 0.15) is 55.6 Å². The van der Waals surface area contributed by atoms with Gasteiger partial charge in [-0.3, -0.25) is 0 Å². The highest BCUT2D eigenvalue weighted by Gasteiger charge is 2.33. The second-order valence-corrected chi connectivity index (χ2v) is 7.77. The summed E-state index contributed by atoms with van der Waals surface area (Å²) in [5, 5.41) is 0. The summed E-state index contributed by atoms with van der Waals surface area (Å²) in [6.45, 7) is 5.20. The van der Waals surface area contributed by atoms with Crippen molar-refractivity contribution in [1.29, 1.82) is 0 Å². The average molecular weight is 380 g/mol. The van der Waals surface area contributed by atoms with Gasteiger partial charge in [-0.2, -0.15) is 0 Å². The molecule has 2 aliphatic rings. The van der Waals surface area contributed by atoms with E-state index < -0.39 is 11.6 Å². The first kappa shape index (κ1) is 20.4. The molecule has 0 atom stereocenters. The maximum atomic E-state index is 14.2. The Morgan fingerprint density at radius 2 is 1.74 bits per heavy atom. The van der Waals surface area contributed by atoms with Gasteiger partial charge >= 0.3 is 0 Å². The van der Waals surface area contributed by atoms with E-state index in [2.05, 4.69) is 6.58 Å². The van der Waals surface area contributed by atoms with Gasteiger partial charge in [-0.05, 0) is 62.1 Å². The van der Waals surface area contributed by atoms with Gasteiger partial charge < -0.3 is 14.2 Å². The third kappa shape index (κ3) is 5.15. The van der Waals surface area contributed by atoms with Crippen molar-refractivity contribution < 1.29 is 23.0 Å². The molecular weight excluding hydrogens is 350 g/mol. The Bertz CT molecular complexity index is 595. The van der Waals surface area contributed by atoms with Gasteiger partial charge in [0.2, 0.25) is 0 Å². The first-order valence-corrected chi connectivity index (χ1v) is 9.93. The molecule has 0 radical (unpaired) electrons. The van der Waals surface area contributed by atoms with Crippen molar-refractivity contribution in [3.63, 3.8) is 0 Å². The van der Waals surface area contributed by atoms with Crippen LogP contribution in [0.4, 0.5) is 8.78 Å². The molecule has 0 aromatic heterocycles. The monoisotopic (exact) mass is 380 g/mol. The molecule has 150 valence electrons. The van der Waals surface area contributed by atoms with E-state index in [1.807, 2.05) is 6.08 Å². The first-order valence-electron chi connectivity index (χ1n) is 9.93. The minimum absolute atomic E-state index is 0.00458. The number of benzene rings is 1. The van der Waals surface area contributed by atoms with E-state index in [4.69, 9.17) is 14.2 Å². The Balaban J connectivity index is 1.51. The van der Waals surface area contributed by atoms with E-state index in [9.17, 15) is 8.78 Å². The zero-order valence-corrected chi connectivity index (χ0v) is 16.1. The lowest BCUT2D eigenvalue weighted by Gasteiger charge is -2.37. The number of methoxy groups -OCH3 is 1. The molecular formula is C22H30F2O3. The number of halogens is 2. The number of hydrogen-bond acceptors (Lipinski definition) is 3. The van der Waals surface area contributed by atoms with Crippen LogP contribution in [-0.4, -0.2) is 26.6 Å². The van der Waals surface area contributed by atoms with Crippen LogP contribution >= 0.6 is 0 Å². The van der Waals surface area contributed by atoms with Crippen LogP contribution in [0.3, 0.4) is 0 Å². The van der Waals surface area contributed by atoms with Crippen molar-refractivity contribution in [2.45, 2.75) is 57.3 Å². The van der Waals surface area contributed by atoms with Gasteiger partial charge in [-0.15, -0.1) is 6.58 Å². The summed E-state index contributed by atoms with van der Waals surface area (Å²) in [5.74, 6) is -0.0287. The van der Waals surface area contributed by atoms with Gasteiger partial charge in [0, 0.05) is 24.5 Å². The van der Waals surface area contributed by atoms with Gasteiger partial charge in [0.15, 0.2) is 6.29 Å². The molecule has 3 rings (SSSR count). The molecule has 27 heavy (non-hydrogen) atoms. The molecule has 5 heteroatoms. The van der Waals surface area contributed by atoms with Crippen molar-refractivity contribution >= 4 is 0 Å². The SMILES string of the molecule is C=CCC[C@H]1CO[C@H](C2CCC(c3cc(F)c(COC)c(F)c3)CC2)OC1. The fourth-order valence-electron chi connectivity index (χ4n) is 4.22. The van der Waals surface area contributed by atoms with Crippen LogP contribution in [0.25, 0.3) is 0 Å². The van der Waals surface area contributed by atoms with Crippen LogP contribution in [0.5, 0.6) is 0 Å². The van der Waals surface area contributed by atoms with Gasteiger partial charge in [-0.25, -0.2) is 8.78 Å². The lowest BCUT2D eigenvalue weighted by atomic mass is 9.78. The summed E-state index contributed by atoms with van der Waals surface area (Å²) in [6, 6.07) is 2.94. The Kier molecular flexibility index (Phi) is 7.39. The molecule has 1 heterocycles. The number of rotatable bonds is 7. The van der Waals surface area contributed by atoms with Crippen LogP contribution in [0, 0.1) is 23.5 Å². The van der Waals surface area contributed by atoms with E-state index >= 15 is 0 Å². The van der Waals surface area contributed by atoms with Crippen molar-refractivity contribution in [3.05, 3.63) is 47.5 Å². The largest absolute Gasteiger partial charge is 0.380 e. The number of ether oxygens (including phenoxy) is 3. The fourth-order valence-corrected chi connectivity index (χ4v) is 4.22. The highest BCUT2D eigenvalue weighted by atomic mass is 19.1. The average Bonchev–Trinajstić information content (AvgIpc) is 2.69. The van der Waals surface area contributed by atoms with Crippen molar-refractivity contribution in [1.82, 2.24) is 0 Å². The first-order chi connectivity index (χ1) is 13.1. The molecule has 3 nitrogen and oxygen atoms in total. The van der Waals surface area contributed by atoms with Gasteiger partial charge in [0.1, 0.15) is 11.6 Å². The zero-order valence-electron chi connectivity index (χ0n) is 16.1. The topological polar surface area (TPSA) is 27.7 Å². The molecule has 0 amide bonds. The molecule has 1 saturated carbocycles. The summed E-state index contributed by atoms with van der Waals surface area (Å²) >= 11 is 0. The third-order valence-corrected chi connectivity index (χ3v) is 5.85. The lowest BCUT2D eigenvalue weighted by Crippen LogP contribution is -2.38. The zero-order chi connectivity index (χ0) is 19.2. The van der Waals surface area contributed by atoms with Gasteiger partial charge in [0.25, 0.3) is 0 Å². The predicted molar refractivity (Wildman–Crippen MR) is 100 cm³/mol. The van der Waals surface area contributed by atoms with E-state index in [-0.39, 0.29) is 24.4 Å². The third-order valence-electron chi connectivity index (χ3n) is 5.85. The highest BCUT2D eigenvalue weighted by molar-refractivity contribution is 5.28. The minimum Gasteiger partial charge on any atom is -0.380 e. The molecule has 0 bridgehead atoms. The quantitative estimate of drug-likeness (QED) is 0.598. The van der Waals surface area contributed by atoms with Crippen LogP contribution < -0.4 is 0 Å². The molecule has 0 N–H and O–H groups in total. The van der Waals surface area contributed by atoms with Crippen LogP contribution in [0.15, 0.2) is 24.8 Å². The summed E-state index contributed by atoms with van der Waals surface area (Å²) in [5.41, 5.74) is 0.753. The van der Waals surface area contributed by atoms with Gasteiger partial charge in [-0.1, -0.05) is 6.08 Å². The Morgan fingerprint density at radius 3 is 2.30 bits per heavy atom. The number of hydrogen-bond donors (Lipinski definition) is 0. The Labute approximate surface area is 160 Å². The molecule has 0 spiro atoms. The number of allylic oxidation sites excluding steroid dienone is 1. The maximum Gasteiger partial charge on any atom is 0.160 e. The van der Waals surface area contributed by atoms with E-state index in [1.165, 1.54) is 19.2 Å². The summed E-state index contributed by atoms with van der Waals surface area (Å²) < 4.78 is 45.1. The van der Waals surface area contributed by atoms with E-state index in [0.717, 1.165) is 57.3 Å². The van der Waals surface area contributed by atoms with Crippen molar-refractivity contribution in [3.8, 4) is 0 Å². The second kappa shape index (κ2) is 9.76. The molecule has 1 aliphatic carbocycles. The van der Waals surface area contributed by atoms with Crippen LogP contribution in [-0.2, 0) is 20.8 Å². The maximum absolute atomic E-state index is 14.2. The molecule has 1 aromatic rings. The summed E-state index contributed by atoms with van der Waals surface area (Å²) in [7, 11) is 1.44. The molecule has 1 aliphatic heterocycles. The summed E-state index contributed by atoms with van der Waals surface area (Å²) in [6.07, 6.45) is 7.55. The smallest absolute Gasteiger partial charge is 0.160 e. The molecule has 1 saturated heterocycles.